The fourth-order valence-electron chi connectivity index (χ4n) is 2.43. The maximum Gasteiger partial charge on any atom is 0.328 e. The molecular formula is C12H16N4O3. The first-order valence-corrected chi connectivity index (χ1v) is 6.52. The fourth-order valence-corrected chi connectivity index (χ4v) is 2.43. The van der Waals surface area contributed by atoms with Gasteiger partial charge in [0.2, 0.25) is 5.82 Å². The van der Waals surface area contributed by atoms with Gasteiger partial charge in [-0.15, -0.1) is 5.10 Å². The number of methoxy groups -OCH3 is 1. The quantitative estimate of drug-likeness (QED) is 0.801. The van der Waals surface area contributed by atoms with Crippen LogP contribution in [0.1, 0.15) is 48.0 Å². The van der Waals surface area contributed by atoms with Crippen molar-refractivity contribution in [3.8, 4) is 0 Å². The first-order valence-electron chi connectivity index (χ1n) is 6.52. The monoisotopic (exact) mass is 264 g/mol. The lowest BCUT2D eigenvalue weighted by molar-refractivity contribution is -0.145. The molecule has 102 valence electrons. The van der Waals surface area contributed by atoms with Gasteiger partial charge in [-0.2, -0.15) is 0 Å². The minimum atomic E-state index is -0.500. The molecule has 1 aromatic heterocycles. The summed E-state index contributed by atoms with van der Waals surface area (Å²) in [6, 6.07) is -0.500. The summed E-state index contributed by atoms with van der Waals surface area (Å²) in [5, 5.41) is 6.77. The molecule has 0 aromatic carbocycles. The Morgan fingerprint density at radius 3 is 2.84 bits per heavy atom. The van der Waals surface area contributed by atoms with Crippen molar-refractivity contribution >= 4 is 11.9 Å². The zero-order valence-corrected chi connectivity index (χ0v) is 10.8. The Morgan fingerprint density at radius 2 is 2.16 bits per heavy atom. The van der Waals surface area contributed by atoms with Crippen LogP contribution in [0.25, 0.3) is 0 Å². The molecule has 1 amide bonds. The smallest absolute Gasteiger partial charge is 0.328 e. The molecule has 0 bridgehead atoms. The molecule has 1 aliphatic heterocycles. The Labute approximate surface area is 110 Å². The van der Waals surface area contributed by atoms with E-state index < -0.39 is 6.04 Å². The van der Waals surface area contributed by atoms with E-state index in [1.54, 1.807) is 0 Å². The number of aromatic amines is 1. The van der Waals surface area contributed by atoms with Crippen molar-refractivity contribution in [3.63, 3.8) is 0 Å². The topological polar surface area (TPSA) is 88.2 Å². The van der Waals surface area contributed by atoms with E-state index in [9.17, 15) is 9.59 Å². The third-order valence-electron chi connectivity index (χ3n) is 3.64. The van der Waals surface area contributed by atoms with Gasteiger partial charge in [-0.25, -0.2) is 9.78 Å². The van der Waals surface area contributed by atoms with Crippen molar-refractivity contribution in [1.29, 1.82) is 0 Å². The van der Waals surface area contributed by atoms with Gasteiger partial charge in [-0.05, 0) is 25.7 Å². The van der Waals surface area contributed by atoms with E-state index >= 15 is 0 Å². The second kappa shape index (κ2) is 4.64. The first-order chi connectivity index (χ1) is 9.20. The standard InChI is InChI=1S/C12H16N4O3/c1-19-12(18)8-3-2-6-16(8)11(17)10-13-9(14-15-10)7-4-5-7/h7-8H,2-6H2,1H3,(H,13,14,15). The van der Waals surface area contributed by atoms with Crippen molar-refractivity contribution in [2.75, 3.05) is 13.7 Å². The maximum absolute atomic E-state index is 12.3. The van der Waals surface area contributed by atoms with E-state index in [4.69, 9.17) is 4.74 Å². The van der Waals surface area contributed by atoms with Crippen molar-refractivity contribution in [1.82, 2.24) is 20.1 Å². The Bertz CT molecular complexity index is 509. The van der Waals surface area contributed by atoms with Gasteiger partial charge in [-0.1, -0.05) is 0 Å². The van der Waals surface area contributed by atoms with E-state index in [1.807, 2.05) is 0 Å². The average molecular weight is 264 g/mol. The molecule has 0 spiro atoms. The molecular weight excluding hydrogens is 248 g/mol. The summed E-state index contributed by atoms with van der Waals surface area (Å²) in [6.45, 7) is 0.548. The van der Waals surface area contributed by atoms with E-state index in [2.05, 4.69) is 15.2 Å². The van der Waals surface area contributed by atoms with Crippen LogP contribution in [0, 0.1) is 0 Å². The predicted octanol–water partition coefficient (Wildman–Crippen LogP) is 0.460. The summed E-state index contributed by atoms with van der Waals surface area (Å²) in [6.07, 6.45) is 3.62. The molecule has 7 heteroatoms. The Hall–Kier alpha value is -1.92. The molecule has 1 saturated heterocycles. The van der Waals surface area contributed by atoms with E-state index in [0.29, 0.717) is 18.9 Å². The highest BCUT2D eigenvalue weighted by atomic mass is 16.5. The molecule has 7 nitrogen and oxygen atoms in total. The molecule has 1 N–H and O–H groups in total. The summed E-state index contributed by atoms with van der Waals surface area (Å²) in [4.78, 5) is 29.7. The second-order valence-corrected chi connectivity index (χ2v) is 5.00. The lowest BCUT2D eigenvalue weighted by Gasteiger charge is -2.20. The number of amides is 1. The number of nitrogens with one attached hydrogen (secondary N) is 1. The van der Waals surface area contributed by atoms with Gasteiger partial charge in [0.1, 0.15) is 11.9 Å². The summed E-state index contributed by atoms with van der Waals surface area (Å²) < 4.78 is 4.72. The highest BCUT2D eigenvalue weighted by molar-refractivity contribution is 5.94. The van der Waals surface area contributed by atoms with Gasteiger partial charge in [0, 0.05) is 12.5 Å². The minimum Gasteiger partial charge on any atom is -0.467 e. The average Bonchev–Trinajstić information content (AvgIpc) is 2.97. The highest BCUT2D eigenvalue weighted by Gasteiger charge is 2.37. The maximum atomic E-state index is 12.3. The zero-order chi connectivity index (χ0) is 13.4. The van der Waals surface area contributed by atoms with Gasteiger partial charge in [0.05, 0.1) is 7.11 Å². The van der Waals surface area contributed by atoms with E-state index in [0.717, 1.165) is 25.1 Å². The minimum absolute atomic E-state index is 0.151. The lowest BCUT2D eigenvalue weighted by atomic mass is 10.2. The van der Waals surface area contributed by atoms with Gasteiger partial charge in [0.25, 0.3) is 5.91 Å². The Balaban J connectivity index is 1.76. The second-order valence-electron chi connectivity index (χ2n) is 5.00. The molecule has 1 unspecified atom stereocenters. The molecule has 1 aliphatic carbocycles. The van der Waals surface area contributed by atoms with Gasteiger partial charge in [-0.3, -0.25) is 9.89 Å². The number of H-pyrrole nitrogens is 1. The molecule has 2 heterocycles. The molecule has 1 atom stereocenters. The lowest BCUT2D eigenvalue weighted by Crippen LogP contribution is -2.41. The third kappa shape index (κ3) is 2.20. The molecule has 2 fully saturated rings. The summed E-state index contributed by atoms with van der Waals surface area (Å²) >= 11 is 0. The highest BCUT2D eigenvalue weighted by Crippen LogP contribution is 2.37. The van der Waals surface area contributed by atoms with Crippen LogP contribution >= 0.6 is 0 Å². The van der Waals surface area contributed by atoms with Crippen LogP contribution in [-0.4, -0.2) is 51.7 Å². The van der Waals surface area contributed by atoms with Crippen LogP contribution in [0.2, 0.25) is 0 Å². The summed E-state index contributed by atoms with van der Waals surface area (Å²) in [5.41, 5.74) is 0. The molecule has 2 aliphatic rings. The molecule has 1 aromatic rings. The van der Waals surface area contributed by atoms with Gasteiger partial charge < -0.3 is 9.64 Å². The normalized spacial score (nSPS) is 22.6. The Morgan fingerprint density at radius 1 is 1.37 bits per heavy atom. The number of carbonyl (C=O) groups excluding carboxylic acids is 2. The van der Waals surface area contributed by atoms with Crippen LogP contribution < -0.4 is 0 Å². The van der Waals surface area contributed by atoms with Crippen LogP contribution in [0.4, 0.5) is 0 Å². The first kappa shape index (κ1) is 12.1. The number of likely N-dealkylation sites (tertiary alicyclic amines) is 1. The Kier molecular flexibility index (Phi) is 2.96. The number of ether oxygens (including phenoxy) is 1. The number of hydrogen-bond donors (Lipinski definition) is 1. The summed E-state index contributed by atoms with van der Waals surface area (Å²) in [7, 11) is 1.33. The molecule has 3 rings (SSSR count). The van der Waals surface area contributed by atoms with Crippen molar-refractivity contribution in [2.24, 2.45) is 0 Å². The van der Waals surface area contributed by atoms with Crippen molar-refractivity contribution in [3.05, 3.63) is 11.6 Å². The van der Waals surface area contributed by atoms with Crippen molar-refractivity contribution in [2.45, 2.75) is 37.6 Å². The van der Waals surface area contributed by atoms with Crippen LogP contribution in [-0.2, 0) is 9.53 Å². The van der Waals surface area contributed by atoms with Gasteiger partial charge in [0.15, 0.2) is 0 Å². The van der Waals surface area contributed by atoms with Crippen LogP contribution in [0.3, 0.4) is 0 Å². The SMILES string of the molecule is COC(=O)C1CCCN1C(=O)c1n[nH]c(C2CC2)n1. The predicted molar refractivity (Wildman–Crippen MR) is 64.4 cm³/mol. The molecule has 0 radical (unpaired) electrons. The number of nitrogens with zero attached hydrogens (tertiary/aromatic N) is 3. The molecule has 19 heavy (non-hydrogen) atoms. The van der Waals surface area contributed by atoms with E-state index in [1.165, 1.54) is 12.0 Å². The van der Waals surface area contributed by atoms with E-state index in [-0.39, 0.29) is 17.7 Å². The number of esters is 1. The largest absolute Gasteiger partial charge is 0.467 e. The number of carbonyl (C=O) groups is 2. The summed E-state index contributed by atoms with van der Waals surface area (Å²) in [5.74, 6) is 0.679. The zero-order valence-electron chi connectivity index (χ0n) is 10.8. The number of aromatic nitrogens is 3. The van der Waals surface area contributed by atoms with Gasteiger partial charge >= 0.3 is 5.97 Å². The van der Waals surface area contributed by atoms with Crippen LogP contribution in [0.15, 0.2) is 0 Å². The van der Waals surface area contributed by atoms with Crippen molar-refractivity contribution < 1.29 is 14.3 Å². The van der Waals surface area contributed by atoms with Crippen LogP contribution in [0.5, 0.6) is 0 Å². The number of rotatable bonds is 3. The number of hydrogen-bond acceptors (Lipinski definition) is 5. The fraction of sp³-hybridized carbons (Fsp3) is 0.667. The third-order valence-corrected chi connectivity index (χ3v) is 3.64. The molecule has 1 saturated carbocycles.